The Morgan fingerprint density at radius 3 is 2.76 bits per heavy atom. The number of nitrogens with zero attached hydrogens (tertiary/aromatic N) is 2. The van der Waals surface area contributed by atoms with Crippen molar-refractivity contribution in [3.63, 3.8) is 0 Å². The van der Waals surface area contributed by atoms with Crippen molar-refractivity contribution in [3.05, 3.63) is 46.0 Å². The van der Waals surface area contributed by atoms with Gasteiger partial charge in [-0.3, -0.25) is 9.89 Å². The Balaban J connectivity index is 1.70. The summed E-state index contributed by atoms with van der Waals surface area (Å²) in [5.74, 6) is 1.30. The van der Waals surface area contributed by atoms with Crippen LogP contribution in [0.1, 0.15) is 60.2 Å². The first kappa shape index (κ1) is 14.3. The molecule has 0 spiro atoms. The lowest BCUT2D eigenvalue weighted by molar-refractivity contribution is 0.0925. The van der Waals surface area contributed by atoms with Gasteiger partial charge in [-0.15, -0.1) is 5.10 Å². The third-order valence-electron chi connectivity index (χ3n) is 3.66. The number of rotatable bonds is 5. The molecule has 1 atom stereocenters. The Hall–Kier alpha value is -1.69. The van der Waals surface area contributed by atoms with Gasteiger partial charge in [-0.2, -0.15) is 0 Å². The number of hydrogen-bond donors (Lipinski definition) is 2. The molecule has 0 aliphatic heterocycles. The number of aromatic nitrogens is 3. The summed E-state index contributed by atoms with van der Waals surface area (Å²) in [7, 11) is 0. The van der Waals surface area contributed by atoms with Crippen molar-refractivity contribution >= 4 is 21.8 Å². The maximum Gasteiger partial charge on any atom is 0.291 e. The lowest BCUT2D eigenvalue weighted by Crippen LogP contribution is -2.29. The van der Waals surface area contributed by atoms with Gasteiger partial charge in [0.1, 0.15) is 5.82 Å². The van der Waals surface area contributed by atoms with Crippen molar-refractivity contribution in [1.82, 2.24) is 20.5 Å². The molecule has 1 saturated carbocycles. The number of nitrogens with one attached hydrogen (secondary N) is 2. The molecule has 1 heterocycles. The topological polar surface area (TPSA) is 70.7 Å². The first-order valence-electron chi connectivity index (χ1n) is 7.16. The van der Waals surface area contributed by atoms with Crippen molar-refractivity contribution in [2.45, 2.75) is 38.1 Å². The fraction of sp³-hybridized carbons (Fsp3) is 0.400. The molecule has 2 aromatic rings. The zero-order valence-electron chi connectivity index (χ0n) is 11.8. The highest BCUT2D eigenvalue weighted by Gasteiger charge is 2.28. The number of amides is 1. The van der Waals surface area contributed by atoms with Crippen molar-refractivity contribution in [2.24, 2.45) is 0 Å². The van der Waals surface area contributed by atoms with Crippen LogP contribution in [0.15, 0.2) is 28.7 Å². The largest absolute Gasteiger partial charge is 0.342 e. The van der Waals surface area contributed by atoms with Gasteiger partial charge in [-0.25, -0.2) is 4.98 Å². The molecular formula is C15H17BrN4O. The second-order valence-corrected chi connectivity index (χ2v) is 6.22. The van der Waals surface area contributed by atoms with E-state index in [1.54, 1.807) is 0 Å². The number of aromatic amines is 1. The minimum absolute atomic E-state index is 0.0338. The lowest BCUT2D eigenvalue weighted by atomic mass is 10.0. The lowest BCUT2D eigenvalue weighted by Gasteiger charge is -2.16. The van der Waals surface area contributed by atoms with Crippen LogP contribution in [0.4, 0.5) is 0 Å². The van der Waals surface area contributed by atoms with Gasteiger partial charge < -0.3 is 5.32 Å². The summed E-state index contributed by atoms with van der Waals surface area (Å²) >= 11 is 3.41. The summed E-state index contributed by atoms with van der Waals surface area (Å²) in [5, 5.41) is 9.87. The molecule has 1 aromatic carbocycles. The minimum Gasteiger partial charge on any atom is -0.342 e. The Bertz CT molecular complexity index is 633. The predicted molar refractivity (Wildman–Crippen MR) is 83.0 cm³/mol. The molecule has 110 valence electrons. The summed E-state index contributed by atoms with van der Waals surface area (Å²) in [6.45, 7) is 2.04. The van der Waals surface area contributed by atoms with Gasteiger partial charge in [-0.1, -0.05) is 35.0 Å². The number of carbonyl (C=O) groups is 1. The van der Waals surface area contributed by atoms with E-state index in [2.05, 4.69) is 36.4 Å². The molecule has 6 heteroatoms. The Labute approximate surface area is 131 Å². The van der Waals surface area contributed by atoms with Crippen molar-refractivity contribution < 1.29 is 4.79 Å². The standard InChI is InChI=1S/C15H17BrN4O/c1-2-12(9-5-7-11(16)8-6-9)17-15(21)14-18-13(19-20-14)10-3-4-10/h5-8,10,12H,2-4H2,1H3,(H,17,21)(H,18,19,20). The number of benzene rings is 1. The molecule has 1 fully saturated rings. The predicted octanol–water partition coefficient (Wildman–Crippen LogP) is 3.33. The highest BCUT2D eigenvalue weighted by molar-refractivity contribution is 9.10. The smallest absolute Gasteiger partial charge is 0.291 e. The van der Waals surface area contributed by atoms with Gasteiger partial charge in [0.25, 0.3) is 5.91 Å². The molecule has 5 nitrogen and oxygen atoms in total. The van der Waals surface area contributed by atoms with Crippen LogP contribution < -0.4 is 5.32 Å². The average molecular weight is 349 g/mol. The van der Waals surface area contributed by atoms with Crippen LogP contribution in [0.5, 0.6) is 0 Å². The number of halogens is 1. The second-order valence-electron chi connectivity index (χ2n) is 5.30. The van der Waals surface area contributed by atoms with E-state index < -0.39 is 0 Å². The summed E-state index contributed by atoms with van der Waals surface area (Å²) in [6, 6.07) is 7.93. The number of H-pyrrole nitrogens is 1. The monoisotopic (exact) mass is 348 g/mol. The maximum absolute atomic E-state index is 12.2. The molecule has 21 heavy (non-hydrogen) atoms. The van der Waals surface area contributed by atoms with Crippen molar-refractivity contribution in [3.8, 4) is 0 Å². The Morgan fingerprint density at radius 2 is 2.14 bits per heavy atom. The van der Waals surface area contributed by atoms with E-state index in [1.807, 2.05) is 31.2 Å². The minimum atomic E-state index is -0.229. The van der Waals surface area contributed by atoms with Gasteiger partial charge in [-0.05, 0) is 37.0 Å². The third-order valence-corrected chi connectivity index (χ3v) is 4.18. The van der Waals surface area contributed by atoms with E-state index in [9.17, 15) is 4.79 Å². The van der Waals surface area contributed by atoms with Crippen LogP contribution in [0.2, 0.25) is 0 Å². The van der Waals surface area contributed by atoms with E-state index in [1.165, 1.54) is 0 Å². The summed E-state index contributed by atoms with van der Waals surface area (Å²) in [4.78, 5) is 16.5. The van der Waals surface area contributed by atoms with Gasteiger partial charge in [0, 0.05) is 10.4 Å². The fourth-order valence-corrected chi connectivity index (χ4v) is 2.52. The summed E-state index contributed by atoms with van der Waals surface area (Å²) in [5.41, 5.74) is 1.08. The van der Waals surface area contributed by atoms with E-state index in [0.29, 0.717) is 5.92 Å². The molecule has 0 bridgehead atoms. The quantitative estimate of drug-likeness (QED) is 0.870. The molecule has 2 N–H and O–H groups in total. The van der Waals surface area contributed by atoms with Gasteiger partial charge in [0.2, 0.25) is 5.82 Å². The first-order chi connectivity index (χ1) is 10.2. The van der Waals surface area contributed by atoms with Crippen molar-refractivity contribution in [2.75, 3.05) is 0 Å². The van der Waals surface area contributed by atoms with E-state index in [0.717, 1.165) is 35.1 Å². The van der Waals surface area contributed by atoms with Crippen molar-refractivity contribution in [1.29, 1.82) is 0 Å². The zero-order valence-corrected chi connectivity index (χ0v) is 13.4. The Kier molecular flexibility index (Phi) is 4.05. The first-order valence-corrected chi connectivity index (χ1v) is 7.95. The maximum atomic E-state index is 12.2. The molecule has 3 rings (SSSR count). The van der Waals surface area contributed by atoms with Crippen LogP contribution in [0.25, 0.3) is 0 Å². The van der Waals surface area contributed by atoms with E-state index in [4.69, 9.17) is 0 Å². The second kappa shape index (κ2) is 5.97. The van der Waals surface area contributed by atoms with Crippen LogP contribution in [0, 0.1) is 0 Å². The molecule has 1 aromatic heterocycles. The van der Waals surface area contributed by atoms with Gasteiger partial charge in [0.15, 0.2) is 0 Å². The number of hydrogen-bond acceptors (Lipinski definition) is 3. The van der Waals surface area contributed by atoms with Gasteiger partial charge >= 0.3 is 0 Å². The fourth-order valence-electron chi connectivity index (χ4n) is 2.25. The Morgan fingerprint density at radius 1 is 1.43 bits per heavy atom. The number of carbonyl (C=O) groups excluding carboxylic acids is 1. The third kappa shape index (κ3) is 3.32. The normalized spacial score (nSPS) is 15.7. The van der Waals surface area contributed by atoms with E-state index in [-0.39, 0.29) is 17.8 Å². The van der Waals surface area contributed by atoms with Crippen LogP contribution in [-0.2, 0) is 0 Å². The molecule has 1 unspecified atom stereocenters. The summed E-state index contributed by atoms with van der Waals surface area (Å²) < 4.78 is 1.02. The molecular weight excluding hydrogens is 332 g/mol. The zero-order chi connectivity index (χ0) is 14.8. The SMILES string of the molecule is CCC(NC(=O)c1n[nH]c(C2CC2)n1)c1ccc(Br)cc1. The molecule has 1 aliphatic rings. The average Bonchev–Trinajstić information content (AvgIpc) is 3.23. The summed E-state index contributed by atoms with van der Waals surface area (Å²) in [6.07, 6.45) is 3.08. The molecule has 0 saturated heterocycles. The van der Waals surface area contributed by atoms with Crippen LogP contribution in [0.3, 0.4) is 0 Å². The van der Waals surface area contributed by atoms with Crippen LogP contribution in [-0.4, -0.2) is 21.1 Å². The van der Waals surface area contributed by atoms with Gasteiger partial charge in [0.05, 0.1) is 6.04 Å². The van der Waals surface area contributed by atoms with E-state index >= 15 is 0 Å². The van der Waals surface area contributed by atoms with Crippen LogP contribution >= 0.6 is 15.9 Å². The molecule has 0 radical (unpaired) electrons. The molecule has 1 amide bonds. The highest BCUT2D eigenvalue weighted by atomic mass is 79.9. The highest BCUT2D eigenvalue weighted by Crippen LogP contribution is 2.37. The molecule has 1 aliphatic carbocycles.